The molecule has 4 rings (SSSR count). The van der Waals surface area contributed by atoms with Gasteiger partial charge in [-0.2, -0.15) is 0 Å². The van der Waals surface area contributed by atoms with Crippen molar-refractivity contribution in [3.63, 3.8) is 0 Å². The molecule has 0 radical (unpaired) electrons. The highest BCUT2D eigenvalue weighted by Crippen LogP contribution is 2.12. The van der Waals surface area contributed by atoms with Crippen molar-refractivity contribution >= 4 is 35.4 Å². The average Bonchev–Trinajstić information content (AvgIpc) is 3.00. The van der Waals surface area contributed by atoms with E-state index in [1.807, 2.05) is 24.3 Å². The molecule has 2 aromatic carbocycles. The molecule has 2 N–H and O–H groups in total. The number of benzene rings is 2. The van der Waals surface area contributed by atoms with Crippen molar-refractivity contribution in [2.75, 3.05) is 12.3 Å². The first kappa shape index (κ1) is 14.4. The fraction of sp³-hybridized carbons (Fsp3) is 0.105. The summed E-state index contributed by atoms with van der Waals surface area (Å²) in [6.07, 6.45) is 4.10. The first-order chi connectivity index (χ1) is 11.7. The molecule has 1 heterocycles. The van der Waals surface area contributed by atoms with Gasteiger partial charge in [0, 0.05) is 5.69 Å². The molecule has 0 saturated heterocycles. The Kier molecular flexibility index (Phi) is 3.46. The van der Waals surface area contributed by atoms with E-state index in [1.165, 1.54) is 0 Å². The van der Waals surface area contributed by atoms with Crippen molar-refractivity contribution in [2.45, 2.75) is 6.04 Å². The zero-order valence-corrected chi connectivity index (χ0v) is 12.8. The molecule has 1 aliphatic heterocycles. The van der Waals surface area contributed by atoms with Crippen LogP contribution >= 0.6 is 0 Å². The maximum Gasteiger partial charge on any atom is 0.338 e. The van der Waals surface area contributed by atoms with Gasteiger partial charge in [-0.15, -0.1) is 0 Å². The number of nitrogens with zero attached hydrogens (tertiary/aromatic N) is 2. The summed E-state index contributed by atoms with van der Waals surface area (Å²) in [6.45, 7) is 0.0568. The third-order valence-electron chi connectivity index (χ3n) is 3.96. The maximum absolute atomic E-state index is 12.0. The monoisotopic (exact) mass is 317 g/mol. The molecule has 0 spiro atoms. The van der Waals surface area contributed by atoms with Crippen molar-refractivity contribution in [1.29, 1.82) is 0 Å². The van der Waals surface area contributed by atoms with Crippen LogP contribution in [0.4, 0.5) is 5.69 Å². The fourth-order valence-corrected chi connectivity index (χ4v) is 2.74. The van der Waals surface area contributed by atoms with Gasteiger partial charge in [-0.25, -0.2) is 9.79 Å². The molecule has 0 aromatic heterocycles. The molecule has 24 heavy (non-hydrogen) atoms. The highest BCUT2D eigenvalue weighted by atomic mass is 16.5. The molecular weight excluding hydrogens is 302 g/mol. The molecule has 0 fully saturated rings. The summed E-state index contributed by atoms with van der Waals surface area (Å²) in [4.78, 5) is 21.0. The van der Waals surface area contributed by atoms with Crippen LogP contribution in [0.3, 0.4) is 0 Å². The summed E-state index contributed by atoms with van der Waals surface area (Å²) in [7, 11) is 0. The minimum absolute atomic E-state index is 0.0568. The Morgan fingerprint density at radius 1 is 1.08 bits per heavy atom. The lowest BCUT2D eigenvalue weighted by Crippen LogP contribution is -2.33. The number of hydrogen-bond acceptors (Lipinski definition) is 5. The van der Waals surface area contributed by atoms with Gasteiger partial charge < -0.3 is 10.5 Å². The van der Waals surface area contributed by atoms with Crippen LogP contribution in [0.15, 0.2) is 58.5 Å². The second kappa shape index (κ2) is 5.77. The largest absolute Gasteiger partial charge is 0.454 e. The molecule has 0 bridgehead atoms. The molecule has 5 nitrogen and oxygen atoms in total. The Labute approximate surface area is 138 Å². The van der Waals surface area contributed by atoms with E-state index < -0.39 is 5.97 Å². The number of carbonyl (C=O) groups is 1. The van der Waals surface area contributed by atoms with E-state index in [9.17, 15) is 4.79 Å². The number of nitrogens with two attached hydrogens (primary N) is 1. The molecular formula is C19H15N3O2. The second-order valence-electron chi connectivity index (χ2n) is 5.66. The number of esters is 1. The maximum atomic E-state index is 12.0. The molecule has 1 atom stereocenters. The van der Waals surface area contributed by atoms with E-state index in [4.69, 9.17) is 10.5 Å². The van der Waals surface area contributed by atoms with Crippen LogP contribution in [-0.2, 0) is 4.74 Å². The highest BCUT2D eigenvalue weighted by molar-refractivity contribution is 6.24. The zero-order valence-electron chi connectivity index (χ0n) is 12.8. The zero-order chi connectivity index (χ0) is 16.5. The minimum atomic E-state index is -0.413. The number of ether oxygens (including phenoxy) is 1. The predicted molar refractivity (Wildman–Crippen MR) is 94.4 cm³/mol. The molecule has 0 amide bonds. The van der Waals surface area contributed by atoms with Gasteiger partial charge in [0.05, 0.1) is 11.3 Å². The third kappa shape index (κ3) is 2.72. The Morgan fingerprint density at radius 3 is 2.62 bits per heavy atom. The summed E-state index contributed by atoms with van der Waals surface area (Å²) in [6, 6.07) is 14.6. The Bertz CT molecular complexity index is 988. The average molecular weight is 317 g/mol. The van der Waals surface area contributed by atoms with Crippen LogP contribution < -0.4 is 16.2 Å². The lowest BCUT2D eigenvalue weighted by atomic mass is 10.0. The number of nitrogen functional groups attached to an aromatic ring is 1. The van der Waals surface area contributed by atoms with Crippen molar-refractivity contribution in [2.24, 2.45) is 9.98 Å². The Morgan fingerprint density at radius 2 is 1.83 bits per heavy atom. The predicted octanol–water partition coefficient (Wildman–Crippen LogP) is 0.922. The Balaban J connectivity index is 1.48. The summed E-state index contributed by atoms with van der Waals surface area (Å²) in [5.74, 6) is 0.114. The van der Waals surface area contributed by atoms with E-state index in [0.29, 0.717) is 17.1 Å². The molecule has 118 valence electrons. The van der Waals surface area contributed by atoms with Crippen molar-refractivity contribution < 1.29 is 9.53 Å². The highest BCUT2D eigenvalue weighted by Gasteiger charge is 2.21. The van der Waals surface area contributed by atoms with Gasteiger partial charge in [0.2, 0.25) is 0 Å². The number of aliphatic imine (C=N–C) groups is 2. The number of amidine groups is 1. The van der Waals surface area contributed by atoms with Crippen molar-refractivity contribution in [3.8, 4) is 0 Å². The summed E-state index contributed by atoms with van der Waals surface area (Å²) < 4.78 is 5.29. The van der Waals surface area contributed by atoms with Gasteiger partial charge in [0.25, 0.3) is 0 Å². The van der Waals surface area contributed by atoms with Gasteiger partial charge in [-0.05, 0) is 46.9 Å². The van der Waals surface area contributed by atoms with E-state index in [-0.39, 0.29) is 12.6 Å². The van der Waals surface area contributed by atoms with Gasteiger partial charge in [0.1, 0.15) is 6.04 Å². The molecule has 0 saturated carbocycles. The summed E-state index contributed by atoms with van der Waals surface area (Å²) >= 11 is 0. The topological polar surface area (TPSA) is 77.0 Å². The van der Waals surface area contributed by atoms with Crippen LogP contribution in [0, 0.1) is 0 Å². The lowest BCUT2D eigenvalue weighted by molar-refractivity contribution is 0.0563. The van der Waals surface area contributed by atoms with E-state index in [2.05, 4.69) is 22.1 Å². The normalized spacial score (nSPS) is 17.6. The SMILES string of the molecule is Nc1ccc(C(=O)OCC2=NC3C=c4ccccc4=CC3=N2)cc1. The van der Waals surface area contributed by atoms with Gasteiger partial charge in [-0.1, -0.05) is 24.3 Å². The summed E-state index contributed by atoms with van der Waals surface area (Å²) in [5.41, 5.74) is 7.55. The van der Waals surface area contributed by atoms with Crippen LogP contribution in [0.5, 0.6) is 0 Å². The van der Waals surface area contributed by atoms with Crippen LogP contribution in [0.2, 0.25) is 0 Å². The second-order valence-corrected chi connectivity index (χ2v) is 5.66. The van der Waals surface area contributed by atoms with E-state index >= 15 is 0 Å². The van der Waals surface area contributed by atoms with Crippen LogP contribution in [0.25, 0.3) is 12.2 Å². The quantitative estimate of drug-likeness (QED) is 0.675. The molecule has 1 unspecified atom stereocenters. The minimum Gasteiger partial charge on any atom is -0.454 e. The lowest BCUT2D eigenvalue weighted by Gasteiger charge is -2.06. The van der Waals surface area contributed by atoms with Crippen LogP contribution in [0.1, 0.15) is 10.4 Å². The summed E-state index contributed by atoms with van der Waals surface area (Å²) in [5, 5.41) is 2.27. The number of anilines is 1. The molecule has 2 aromatic rings. The first-order valence-electron chi connectivity index (χ1n) is 7.65. The number of carbonyl (C=O) groups excluding carboxylic acids is 1. The molecule has 5 heteroatoms. The van der Waals surface area contributed by atoms with E-state index in [1.54, 1.807) is 24.3 Å². The number of rotatable bonds is 3. The van der Waals surface area contributed by atoms with Crippen molar-refractivity contribution in [3.05, 3.63) is 64.5 Å². The van der Waals surface area contributed by atoms with Crippen LogP contribution in [-0.4, -0.2) is 30.2 Å². The van der Waals surface area contributed by atoms with Gasteiger partial charge >= 0.3 is 5.97 Å². The number of fused-ring (bicyclic) bond motifs is 2. The van der Waals surface area contributed by atoms with Gasteiger partial charge in [0.15, 0.2) is 12.4 Å². The van der Waals surface area contributed by atoms with E-state index in [0.717, 1.165) is 16.1 Å². The number of hydrogen-bond donors (Lipinski definition) is 1. The molecule has 1 aliphatic carbocycles. The standard InChI is InChI=1S/C19H15N3O2/c20-15-7-5-12(6-8-15)19(23)24-11-18-21-16-9-13-3-1-2-4-14(13)10-17(16)22-18/h1-10,16H,11,20H2. The van der Waals surface area contributed by atoms with Gasteiger partial charge in [-0.3, -0.25) is 4.99 Å². The first-order valence-corrected chi connectivity index (χ1v) is 7.65. The Hall–Kier alpha value is -3.21. The smallest absolute Gasteiger partial charge is 0.338 e. The molecule has 2 aliphatic rings. The third-order valence-corrected chi connectivity index (χ3v) is 3.96. The fourth-order valence-electron chi connectivity index (χ4n) is 2.74. The van der Waals surface area contributed by atoms with Crippen molar-refractivity contribution in [1.82, 2.24) is 0 Å².